The number of hydrogen-bond acceptors (Lipinski definition) is 2. The standard InChI is InChI=1S/C6H10N2O2/c9-6(10)8-2-1-4-5(3-8)7-4/h4-5,7H,1-3H2,(H,9,10). The van der Waals surface area contributed by atoms with Gasteiger partial charge < -0.3 is 15.3 Å². The zero-order valence-corrected chi connectivity index (χ0v) is 5.58. The van der Waals surface area contributed by atoms with E-state index in [1.54, 1.807) is 0 Å². The van der Waals surface area contributed by atoms with Gasteiger partial charge in [0.25, 0.3) is 0 Å². The molecule has 1 amide bonds. The smallest absolute Gasteiger partial charge is 0.407 e. The van der Waals surface area contributed by atoms with Gasteiger partial charge in [-0.15, -0.1) is 0 Å². The Bertz CT molecular complexity index is 171. The molecule has 0 aromatic rings. The van der Waals surface area contributed by atoms with Crippen molar-refractivity contribution >= 4 is 6.09 Å². The van der Waals surface area contributed by atoms with Crippen LogP contribution in [0.2, 0.25) is 0 Å². The maximum Gasteiger partial charge on any atom is 0.407 e. The van der Waals surface area contributed by atoms with Crippen LogP contribution in [0.25, 0.3) is 0 Å². The number of likely N-dealkylation sites (tertiary alicyclic amines) is 1. The molecule has 2 heterocycles. The molecular weight excluding hydrogens is 132 g/mol. The van der Waals surface area contributed by atoms with Crippen LogP contribution in [0.3, 0.4) is 0 Å². The molecule has 2 unspecified atom stereocenters. The number of carboxylic acid groups (broad SMARTS) is 1. The Hall–Kier alpha value is -0.770. The summed E-state index contributed by atoms with van der Waals surface area (Å²) in [5.74, 6) is 0. The van der Waals surface area contributed by atoms with Crippen molar-refractivity contribution in [3.8, 4) is 0 Å². The van der Waals surface area contributed by atoms with E-state index in [-0.39, 0.29) is 0 Å². The van der Waals surface area contributed by atoms with E-state index in [4.69, 9.17) is 5.11 Å². The number of rotatable bonds is 0. The van der Waals surface area contributed by atoms with E-state index >= 15 is 0 Å². The van der Waals surface area contributed by atoms with E-state index in [1.807, 2.05) is 0 Å². The highest BCUT2D eigenvalue weighted by atomic mass is 16.4. The largest absolute Gasteiger partial charge is 0.465 e. The van der Waals surface area contributed by atoms with Gasteiger partial charge in [0.1, 0.15) is 0 Å². The Morgan fingerprint density at radius 1 is 1.60 bits per heavy atom. The summed E-state index contributed by atoms with van der Waals surface area (Å²) in [5, 5.41) is 11.8. The first-order chi connectivity index (χ1) is 4.77. The lowest BCUT2D eigenvalue weighted by molar-refractivity contribution is 0.140. The van der Waals surface area contributed by atoms with Crippen LogP contribution in [0.1, 0.15) is 6.42 Å². The molecule has 0 aromatic heterocycles. The van der Waals surface area contributed by atoms with Crippen molar-refractivity contribution in [2.24, 2.45) is 0 Å². The minimum atomic E-state index is -0.785. The highest BCUT2D eigenvalue weighted by Crippen LogP contribution is 2.21. The van der Waals surface area contributed by atoms with Crippen LogP contribution in [0.15, 0.2) is 0 Å². The molecule has 2 rings (SSSR count). The Morgan fingerprint density at radius 3 is 3.00 bits per heavy atom. The second kappa shape index (κ2) is 1.85. The van der Waals surface area contributed by atoms with Crippen molar-refractivity contribution in [1.29, 1.82) is 0 Å². The van der Waals surface area contributed by atoms with Gasteiger partial charge in [-0.2, -0.15) is 0 Å². The predicted molar refractivity (Wildman–Crippen MR) is 34.9 cm³/mol. The van der Waals surface area contributed by atoms with Crippen LogP contribution >= 0.6 is 0 Å². The lowest BCUT2D eigenvalue weighted by Gasteiger charge is -2.21. The third kappa shape index (κ3) is 0.844. The lowest BCUT2D eigenvalue weighted by Crippen LogP contribution is -2.38. The molecule has 0 radical (unpaired) electrons. The first-order valence-corrected chi connectivity index (χ1v) is 3.51. The number of piperidine rings is 1. The molecule has 2 atom stereocenters. The monoisotopic (exact) mass is 142 g/mol. The van der Waals surface area contributed by atoms with Crippen molar-refractivity contribution < 1.29 is 9.90 Å². The van der Waals surface area contributed by atoms with Gasteiger partial charge in [-0.3, -0.25) is 0 Å². The van der Waals surface area contributed by atoms with Crippen LogP contribution in [-0.2, 0) is 0 Å². The fourth-order valence-corrected chi connectivity index (χ4v) is 1.48. The highest BCUT2D eigenvalue weighted by Gasteiger charge is 2.41. The van der Waals surface area contributed by atoms with Crippen molar-refractivity contribution in [3.63, 3.8) is 0 Å². The van der Waals surface area contributed by atoms with E-state index in [1.165, 1.54) is 4.90 Å². The summed E-state index contributed by atoms with van der Waals surface area (Å²) in [6.07, 6.45) is 0.198. The molecule has 4 heteroatoms. The molecule has 2 fully saturated rings. The number of hydrogen-bond donors (Lipinski definition) is 2. The number of fused-ring (bicyclic) bond motifs is 1. The molecule has 4 nitrogen and oxygen atoms in total. The predicted octanol–water partition coefficient (Wildman–Crippen LogP) is -0.290. The third-order valence-corrected chi connectivity index (χ3v) is 2.20. The van der Waals surface area contributed by atoms with Gasteiger partial charge in [0.05, 0.1) is 0 Å². The van der Waals surface area contributed by atoms with Gasteiger partial charge in [0, 0.05) is 25.2 Å². The third-order valence-electron chi connectivity index (χ3n) is 2.20. The molecule has 10 heavy (non-hydrogen) atoms. The average Bonchev–Trinajstić information content (AvgIpc) is 2.63. The molecule has 2 N–H and O–H groups in total. The number of nitrogens with one attached hydrogen (secondary N) is 1. The molecule has 2 saturated heterocycles. The second-order valence-corrected chi connectivity index (χ2v) is 2.90. The number of carbonyl (C=O) groups is 1. The van der Waals surface area contributed by atoms with E-state index < -0.39 is 6.09 Å². The summed E-state index contributed by atoms with van der Waals surface area (Å²) >= 11 is 0. The summed E-state index contributed by atoms with van der Waals surface area (Å²) < 4.78 is 0. The minimum absolute atomic E-state index is 0.463. The quantitative estimate of drug-likeness (QED) is 0.457. The summed E-state index contributed by atoms with van der Waals surface area (Å²) in [5.41, 5.74) is 0. The lowest BCUT2D eigenvalue weighted by atomic mass is 10.1. The summed E-state index contributed by atoms with van der Waals surface area (Å²) in [4.78, 5) is 11.9. The molecule has 56 valence electrons. The molecule has 0 saturated carbocycles. The normalized spacial score (nSPS) is 37.0. The van der Waals surface area contributed by atoms with E-state index in [0.717, 1.165) is 6.42 Å². The molecule has 2 aliphatic heterocycles. The Balaban J connectivity index is 1.94. The van der Waals surface area contributed by atoms with Crippen molar-refractivity contribution in [2.45, 2.75) is 18.5 Å². The fraction of sp³-hybridized carbons (Fsp3) is 0.833. The summed E-state index contributed by atoms with van der Waals surface area (Å²) in [7, 11) is 0. The highest BCUT2D eigenvalue weighted by molar-refractivity contribution is 5.65. The molecule has 0 aliphatic carbocycles. The van der Waals surface area contributed by atoms with Gasteiger partial charge >= 0.3 is 6.09 Å². The Labute approximate surface area is 58.8 Å². The van der Waals surface area contributed by atoms with Crippen LogP contribution < -0.4 is 5.32 Å². The van der Waals surface area contributed by atoms with Gasteiger partial charge in [-0.05, 0) is 6.42 Å². The zero-order valence-electron chi connectivity index (χ0n) is 5.58. The number of nitrogens with zero attached hydrogens (tertiary/aromatic N) is 1. The number of amides is 1. The van der Waals surface area contributed by atoms with Gasteiger partial charge in [-0.1, -0.05) is 0 Å². The first kappa shape index (κ1) is 5.97. The average molecular weight is 142 g/mol. The minimum Gasteiger partial charge on any atom is -0.465 e. The van der Waals surface area contributed by atoms with Crippen molar-refractivity contribution in [3.05, 3.63) is 0 Å². The fourth-order valence-electron chi connectivity index (χ4n) is 1.48. The second-order valence-electron chi connectivity index (χ2n) is 2.90. The molecular formula is C6H10N2O2. The topological polar surface area (TPSA) is 62.5 Å². The SMILES string of the molecule is O=C(O)N1CCC2NC2C1. The van der Waals surface area contributed by atoms with Crippen LogP contribution in [0.4, 0.5) is 4.79 Å². The summed E-state index contributed by atoms with van der Waals surface area (Å²) in [6, 6.07) is 1.08. The maximum absolute atomic E-state index is 10.4. The van der Waals surface area contributed by atoms with Crippen LogP contribution in [0.5, 0.6) is 0 Å². The maximum atomic E-state index is 10.4. The zero-order chi connectivity index (χ0) is 7.14. The van der Waals surface area contributed by atoms with E-state index in [9.17, 15) is 4.79 Å². The van der Waals surface area contributed by atoms with Gasteiger partial charge in [0.2, 0.25) is 0 Å². The Kier molecular flexibility index (Phi) is 1.11. The first-order valence-electron chi connectivity index (χ1n) is 3.51. The van der Waals surface area contributed by atoms with E-state index in [2.05, 4.69) is 5.32 Å². The van der Waals surface area contributed by atoms with Crippen LogP contribution in [0, 0.1) is 0 Å². The van der Waals surface area contributed by atoms with Crippen molar-refractivity contribution in [1.82, 2.24) is 10.2 Å². The van der Waals surface area contributed by atoms with E-state index in [0.29, 0.717) is 25.2 Å². The molecule has 0 bridgehead atoms. The molecule has 0 aromatic carbocycles. The Morgan fingerprint density at radius 2 is 2.40 bits per heavy atom. The summed E-state index contributed by atoms with van der Waals surface area (Å²) in [6.45, 7) is 1.38. The van der Waals surface area contributed by atoms with Crippen molar-refractivity contribution in [2.75, 3.05) is 13.1 Å². The van der Waals surface area contributed by atoms with Gasteiger partial charge in [0.15, 0.2) is 0 Å². The molecule has 2 aliphatic rings. The molecule has 0 spiro atoms. The van der Waals surface area contributed by atoms with Crippen LogP contribution in [-0.4, -0.2) is 41.3 Å². The van der Waals surface area contributed by atoms with Gasteiger partial charge in [-0.25, -0.2) is 4.79 Å².